The van der Waals surface area contributed by atoms with Crippen LogP contribution >= 0.6 is 0 Å². The zero-order valence-electron chi connectivity index (χ0n) is 9.89. The standard InChI is InChI=1S/C10H16F3NO3/c1-6(2)9(3,8(16)17)14-7(15)4-5-10(11,12)13/h6H,4-5H2,1-3H3,(H,14,15)(H,16,17)/t9-/m0/s1. The van der Waals surface area contributed by atoms with Crippen LogP contribution in [0.2, 0.25) is 0 Å². The number of halogens is 3. The summed E-state index contributed by atoms with van der Waals surface area (Å²) in [4.78, 5) is 22.2. The van der Waals surface area contributed by atoms with E-state index in [1.165, 1.54) is 6.92 Å². The number of carboxylic acids is 1. The lowest BCUT2D eigenvalue weighted by atomic mass is 9.88. The second-order valence-corrected chi connectivity index (χ2v) is 4.33. The molecule has 2 N–H and O–H groups in total. The molecule has 0 bridgehead atoms. The van der Waals surface area contributed by atoms with E-state index in [1.807, 2.05) is 0 Å². The topological polar surface area (TPSA) is 66.4 Å². The minimum absolute atomic E-state index is 0.435. The molecule has 0 rings (SSSR count). The van der Waals surface area contributed by atoms with Crippen LogP contribution in [0.25, 0.3) is 0 Å². The molecule has 7 heteroatoms. The number of alkyl halides is 3. The minimum Gasteiger partial charge on any atom is -0.480 e. The molecule has 0 saturated heterocycles. The zero-order valence-corrected chi connectivity index (χ0v) is 9.89. The van der Waals surface area contributed by atoms with Crippen LogP contribution in [-0.2, 0) is 9.59 Å². The van der Waals surface area contributed by atoms with Gasteiger partial charge in [-0.2, -0.15) is 13.2 Å². The van der Waals surface area contributed by atoms with E-state index in [2.05, 4.69) is 5.32 Å². The molecule has 0 aromatic carbocycles. The average molecular weight is 255 g/mol. The van der Waals surface area contributed by atoms with E-state index >= 15 is 0 Å². The molecule has 0 aliphatic rings. The zero-order chi connectivity index (χ0) is 13.9. The highest BCUT2D eigenvalue weighted by Gasteiger charge is 2.38. The second-order valence-electron chi connectivity index (χ2n) is 4.33. The van der Waals surface area contributed by atoms with Gasteiger partial charge in [0.15, 0.2) is 0 Å². The van der Waals surface area contributed by atoms with Crippen molar-refractivity contribution in [2.24, 2.45) is 5.92 Å². The first-order valence-corrected chi connectivity index (χ1v) is 5.10. The summed E-state index contributed by atoms with van der Waals surface area (Å²) in [6.45, 7) is 4.40. The molecule has 0 aliphatic heterocycles. The number of nitrogens with one attached hydrogen (secondary N) is 1. The molecular formula is C10H16F3NO3. The number of rotatable bonds is 5. The number of hydrogen-bond acceptors (Lipinski definition) is 2. The maximum Gasteiger partial charge on any atom is 0.389 e. The highest BCUT2D eigenvalue weighted by Crippen LogP contribution is 2.22. The van der Waals surface area contributed by atoms with Crippen LogP contribution in [0.15, 0.2) is 0 Å². The Hall–Kier alpha value is -1.27. The van der Waals surface area contributed by atoms with Gasteiger partial charge in [-0.3, -0.25) is 4.79 Å². The quantitative estimate of drug-likeness (QED) is 0.789. The summed E-state index contributed by atoms with van der Waals surface area (Å²) in [7, 11) is 0. The Labute approximate surface area is 97.2 Å². The number of aliphatic carboxylic acids is 1. The van der Waals surface area contributed by atoms with Gasteiger partial charge in [0, 0.05) is 6.42 Å². The van der Waals surface area contributed by atoms with Crippen LogP contribution < -0.4 is 5.32 Å². The molecule has 0 aromatic heterocycles. The molecule has 0 aliphatic carbocycles. The predicted molar refractivity (Wildman–Crippen MR) is 54.3 cm³/mol. The summed E-state index contributed by atoms with van der Waals surface area (Å²) in [5.41, 5.74) is -1.55. The van der Waals surface area contributed by atoms with Gasteiger partial charge in [0.1, 0.15) is 5.54 Å². The monoisotopic (exact) mass is 255 g/mol. The Balaban J connectivity index is 4.49. The molecule has 4 nitrogen and oxygen atoms in total. The average Bonchev–Trinajstić information content (AvgIpc) is 2.12. The van der Waals surface area contributed by atoms with Crippen molar-refractivity contribution in [1.82, 2.24) is 5.32 Å². The van der Waals surface area contributed by atoms with Gasteiger partial charge in [0.05, 0.1) is 6.42 Å². The number of carbonyl (C=O) groups excluding carboxylic acids is 1. The fraction of sp³-hybridized carbons (Fsp3) is 0.800. The molecule has 100 valence electrons. The van der Waals surface area contributed by atoms with Crippen LogP contribution in [0.5, 0.6) is 0 Å². The summed E-state index contributed by atoms with van der Waals surface area (Å²) in [6.07, 6.45) is -6.44. The molecule has 0 saturated carbocycles. The lowest BCUT2D eigenvalue weighted by Gasteiger charge is -2.30. The van der Waals surface area contributed by atoms with Gasteiger partial charge in [0.25, 0.3) is 0 Å². The van der Waals surface area contributed by atoms with Gasteiger partial charge in [-0.15, -0.1) is 0 Å². The van der Waals surface area contributed by atoms with Crippen molar-refractivity contribution in [3.8, 4) is 0 Å². The lowest BCUT2D eigenvalue weighted by molar-refractivity contribution is -0.151. The van der Waals surface area contributed by atoms with Crippen molar-refractivity contribution in [1.29, 1.82) is 0 Å². The van der Waals surface area contributed by atoms with E-state index in [0.717, 1.165) is 0 Å². The SMILES string of the molecule is CC(C)[C@](C)(NC(=O)CCC(F)(F)F)C(=O)O. The van der Waals surface area contributed by atoms with Gasteiger partial charge in [-0.25, -0.2) is 4.79 Å². The molecule has 0 heterocycles. The van der Waals surface area contributed by atoms with Crippen molar-refractivity contribution >= 4 is 11.9 Å². The minimum atomic E-state index is -4.42. The molecule has 1 amide bonds. The van der Waals surface area contributed by atoms with Crippen molar-refractivity contribution < 1.29 is 27.9 Å². The van der Waals surface area contributed by atoms with Gasteiger partial charge in [-0.05, 0) is 12.8 Å². The second kappa shape index (κ2) is 5.37. The highest BCUT2D eigenvalue weighted by atomic mass is 19.4. The van der Waals surface area contributed by atoms with E-state index in [-0.39, 0.29) is 0 Å². The third-order valence-electron chi connectivity index (χ3n) is 2.63. The predicted octanol–water partition coefficient (Wildman–Crippen LogP) is 1.94. The van der Waals surface area contributed by atoms with Crippen LogP contribution in [0, 0.1) is 5.92 Å². The van der Waals surface area contributed by atoms with Gasteiger partial charge in [-0.1, -0.05) is 13.8 Å². The number of amides is 1. The molecule has 1 atom stereocenters. The maximum absolute atomic E-state index is 11.9. The van der Waals surface area contributed by atoms with Gasteiger partial charge < -0.3 is 10.4 Å². The summed E-state index contributed by atoms with van der Waals surface area (Å²) in [6, 6.07) is 0. The molecule has 17 heavy (non-hydrogen) atoms. The number of carboxylic acid groups (broad SMARTS) is 1. The highest BCUT2D eigenvalue weighted by molar-refractivity contribution is 5.86. The van der Waals surface area contributed by atoms with E-state index in [9.17, 15) is 22.8 Å². The maximum atomic E-state index is 11.9. The number of carbonyl (C=O) groups is 2. The van der Waals surface area contributed by atoms with E-state index < -0.39 is 42.4 Å². The molecular weight excluding hydrogens is 239 g/mol. The first-order chi connectivity index (χ1) is 7.49. The normalized spacial score (nSPS) is 15.5. The first kappa shape index (κ1) is 15.7. The molecule has 0 aromatic rings. The summed E-state index contributed by atoms with van der Waals surface area (Å²) >= 11 is 0. The Kier molecular flexibility index (Phi) is 4.97. The Morgan fingerprint density at radius 1 is 1.29 bits per heavy atom. The van der Waals surface area contributed by atoms with Crippen molar-refractivity contribution in [2.75, 3.05) is 0 Å². The first-order valence-electron chi connectivity index (χ1n) is 5.10. The third kappa shape index (κ3) is 5.06. The van der Waals surface area contributed by atoms with E-state index in [0.29, 0.717) is 0 Å². The van der Waals surface area contributed by atoms with Crippen molar-refractivity contribution in [2.45, 2.75) is 45.3 Å². The molecule has 0 fully saturated rings. The Morgan fingerprint density at radius 2 is 1.76 bits per heavy atom. The van der Waals surface area contributed by atoms with Crippen LogP contribution in [0.4, 0.5) is 13.2 Å². The molecule has 0 radical (unpaired) electrons. The summed E-state index contributed by atoms with van der Waals surface area (Å²) < 4.78 is 35.6. The summed E-state index contributed by atoms with van der Waals surface area (Å²) in [5, 5.41) is 11.1. The Morgan fingerprint density at radius 3 is 2.06 bits per heavy atom. The molecule has 0 unspecified atom stereocenters. The fourth-order valence-electron chi connectivity index (χ4n) is 1.05. The van der Waals surface area contributed by atoms with E-state index in [4.69, 9.17) is 5.11 Å². The van der Waals surface area contributed by atoms with Gasteiger partial charge in [0.2, 0.25) is 5.91 Å². The molecule has 0 spiro atoms. The smallest absolute Gasteiger partial charge is 0.389 e. The lowest BCUT2D eigenvalue weighted by Crippen LogP contribution is -2.55. The number of hydrogen-bond donors (Lipinski definition) is 2. The summed E-state index contributed by atoms with van der Waals surface area (Å²) in [5.74, 6) is -2.62. The Bertz CT molecular complexity index is 302. The van der Waals surface area contributed by atoms with Crippen LogP contribution in [-0.4, -0.2) is 28.7 Å². The third-order valence-corrected chi connectivity index (χ3v) is 2.63. The van der Waals surface area contributed by atoms with Crippen LogP contribution in [0.1, 0.15) is 33.6 Å². The van der Waals surface area contributed by atoms with Crippen molar-refractivity contribution in [3.05, 3.63) is 0 Å². The fourth-order valence-corrected chi connectivity index (χ4v) is 1.05. The van der Waals surface area contributed by atoms with Crippen molar-refractivity contribution in [3.63, 3.8) is 0 Å². The van der Waals surface area contributed by atoms with Crippen LogP contribution in [0.3, 0.4) is 0 Å². The largest absolute Gasteiger partial charge is 0.480 e. The van der Waals surface area contributed by atoms with E-state index in [1.54, 1.807) is 13.8 Å². The van der Waals surface area contributed by atoms with Gasteiger partial charge >= 0.3 is 12.1 Å².